The minimum Gasteiger partial charge on any atom is -0.325 e. The van der Waals surface area contributed by atoms with Gasteiger partial charge in [-0.1, -0.05) is 6.07 Å². The van der Waals surface area contributed by atoms with Crippen molar-refractivity contribution in [3.8, 4) is 0 Å². The number of non-ortho nitro benzene ring substituents is 1. The Balaban J connectivity index is 1.73. The Bertz CT molecular complexity index is 1480. The average molecular weight is 521 g/mol. The first-order chi connectivity index (χ1) is 16.3. The van der Waals surface area contributed by atoms with E-state index in [9.17, 15) is 31.7 Å². The van der Waals surface area contributed by atoms with E-state index < -0.39 is 37.4 Å². The van der Waals surface area contributed by atoms with Gasteiger partial charge in [0.2, 0.25) is 21.9 Å². The third-order valence-electron chi connectivity index (χ3n) is 4.48. The van der Waals surface area contributed by atoms with Crippen LogP contribution in [0, 0.1) is 17.0 Å². The summed E-state index contributed by atoms with van der Waals surface area (Å²) < 4.78 is 52.5. The first kappa shape index (κ1) is 25.5. The van der Waals surface area contributed by atoms with Crippen LogP contribution >= 0.6 is 0 Å². The second-order valence-corrected chi connectivity index (χ2v) is 10.8. The fourth-order valence-electron chi connectivity index (χ4n) is 2.89. The lowest BCUT2D eigenvalue weighted by Gasteiger charge is -2.21. The molecule has 0 saturated carbocycles. The summed E-state index contributed by atoms with van der Waals surface area (Å²) in [6.45, 7) is 1.02. The Kier molecular flexibility index (Phi) is 7.31. The summed E-state index contributed by atoms with van der Waals surface area (Å²) in [7, 11) is -7.95. The zero-order chi connectivity index (χ0) is 25.8. The van der Waals surface area contributed by atoms with Gasteiger partial charge in [-0.2, -0.15) is 0 Å². The fourth-order valence-corrected chi connectivity index (χ4v) is 4.69. The van der Waals surface area contributed by atoms with Crippen LogP contribution in [-0.2, 0) is 24.8 Å². The summed E-state index contributed by atoms with van der Waals surface area (Å²) in [5.74, 6) is -0.840. The topological polar surface area (TPSA) is 182 Å². The molecule has 2 N–H and O–H groups in total. The van der Waals surface area contributed by atoms with Gasteiger partial charge < -0.3 is 5.32 Å². The molecule has 0 aliphatic rings. The zero-order valence-corrected chi connectivity index (χ0v) is 20.1. The van der Waals surface area contributed by atoms with Crippen molar-refractivity contribution in [1.29, 1.82) is 0 Å². The number of anilines is 3. The summed E-state index contributed by atoms with van der Waals surface area (Å²) in [6.07, 6.45) is 2.27. The standard InChI is InChI=1S/C20H20N6O7S2/c1-14-10-11-21-20(22-14)24-35(32,33)18-8-6-15(7-9-18)23-19(27)13-25(34(2,30)31)16-4-3-5-17(12-16)26(28)29/h3-12H,13H2,1-2H3,(H,23,27)(H,21,22,24). The van der Waals surface area contributed by atoms with Crippen molar-refractivity contribution in [3.63, 3.8) is 0 Å². The first-order valence-electron chi connectivity index (χ1n) is 9.80. The summed E-state index contributed by atoms with van der Waals surface area (Å²) in [5, 5.41) is 13.5. The van der Waals surface area contributed by atoms with E-state index in [-0.39, 0.29) is 27.9 Å². The number of hydrogen-bond donors (Lipinski definition) is 2. The van der Waals surface area contributed by atoms with E-state index in [0.29, 0.717) is 5.69 Å². The van der Waals surface area contributed by atoms with Crippen LogP contribution < -0.4 is 14.3 Å². The number of nitro benzene ring substituents is 1. The maximum absolute atomic E-state index is 12.5. The van der Waals surface area contributed by atoms with Gasteiger partial charge in [-0.15, -0.1) is 0 Å². The Morgan fingerprint density at radius 3 is 2.37 bits per heavy atom. The molecule has 3 aromatic rings. The fraction of sp³-hybridized carbons (Fsp3) is 0.150. The zero-order valence-electron chi connectivity index (χ0n) is 18.4. The Hall–Kier alpha value is -4.11. The van der Waals surface area contributed by atoms with Gasteiger partial charge >= 0.3 is 0 Å². The SMILES string of the molecule is Cc1ccnc(NS(=O)(=O)c2ccc(NC(=O)CN(c3cccc([N+](=O)[O-])c3)S(C)(=O)=O)cc2)n1. The van der Waals surface area contributed by atoms with Gasteiger partial charge in [0.05, 0.1) is 21.8 Å². The molecule has 2 aromatic carbocycles. The van der Waals surface area contributed by atoms with Gasteiger partial charge in [-0.25, -0.2) is 31.5 Å². The molecule has 3 rings (SSSR count). The van der Waals surface area contributed by atoms with Crippen LogP contribution in [0.3, 0.4) is 0 Å². The maximum Gasteiger partial charge on any atom is 0.271 e. The second kappa shape index (κ2) is 10.0. The Morgan fingerprint density at radius 1 is 1.09 bits per heavy atom. The lowest BCUT2D eigenvalue weighted by atomic mass is 10.3. The third kappa shape index (κ3) is 6.70. The molecule has 15 heteroatoms. The molecule has 0 saturated heterocycles. The molecule has 1 aromatic heterocycles. The molecule has 1 heterocycles. The van der Waals surface area contributed by atoms with Crippen molar-refractivity contribution in [1.82, 2.24) is 9.97 Å². The molecule has 35 heavy (non-hydrogen) atoms. The molecule has 0 atom stereocenters. The molecule has 0 aliphatic carbocycles. The third-order valence-corrected chi connectivity index (χ3v) is 6.97. The van der Waals surface area contributed by atoms with Gasteiger partial charge in [0.15, 0.2) is 0 Å². The number of nitro groups is 1. The largest absolute Gasteiger partial charge is 0.325 e. The number of aromatic nitrogens is 2. The molecule has 0 bridgehead atoms. The van der Waals surface area contributed by atoms with Crippen molar-refractivity contribution in [3.05, 3.63) is 76.6 Å². The summed E-state index contributed by atoms with van der Waals surface area (Å²) in [6, 6.07) is 11.6. The lowest BCUT2D eigenvalue weighted by molar-refractivity contribution is -0.384. The van der Waals surface area contributed by atoms with Crippen molar-refractivity contribution >= 4 is 49.0 Å². The molecule has 0 radical (unpaired) electrons. The average Bonchev–Trinajstić information content (AvgIpc) is 2.77. The Morgan fingerprint density at radius 2 is 1.77 bits per heavy atom. The highest BCUT2D eigenvalue weighted by atomic mass is 32.2. The summed E-state index contributed by atoms with van der Waals surface area (Å²) in [5.41, 5.74) is 0.387. The van der Waals surface area contributed by atoms with Crippen molar-refractivity contribution in [2.75, 3.05) is 27.1 Å². The molecular formula is C20H20N6O7S2. The van der Waals surface area contributed by atoms with E-state index in [4.69, 9.17) is 0 Å². The number of rotatable bonds is 9. The van der Waals surface area contributed by atoms with E-state index in [2.05, 4.69) is 20.0 Å². The number of sulfonamides is 2. The number of carbonyl (C=O) groups excluding carboxylic acids is 1. The quantitative estimate of drug-likeness (QED) is 0.314. The molecule has 0 spiro atoms. The van der Waals surface area contributed by atoms with Crippen LogP contribution in [0.15, 0.2) is 65.7 Å². The van der Waals surface area contributed by atoms with E-state index in [0.717, 1.165) is 16.6 Å². The summed E-state index contributed by atoms with van der Waals surface area (Å²) >= 11 is 0. The minimum absolute atomic E-state index is 0.0530. The number of benzene rings is 2. The van der Waals surface area contributed by atoms with Gasteiger partial charge in [0.25, 0.3) is 15.7 Å². The van der Waals surface area contributed by atoms with Crippen molar-refractivity contribution < 1.29 is 26.6 Å². The number of nitrogens with one attached hydrogen (secondary N) is 2. The van der Waals surface area contributed by atoms with E-state index in [1.807, 2.05) is 0 Å². The van der Waals surface area contributed by atoms with E-state index in [1.165, 1.54) is 48.7 Å². The monoisotopic (exact) mass is 520 g/mol. The summed E-state index contributed by atoms with van der Waals surface area (Å²) in [4.78, 5) is 30.6. The first-order valence-corrected chi connectivity index (χ1v) is 13.1. The highest BCUT2D eigenvalue weighted by Crippen LogP contribution is 2.23. The lowest BCUT2D eigenvalue weighted by Crippen LogP contribution is -2.37. The predicted octanol–water partition coefficient (Wildman–Crippen LogP) is 1.90. The Labute approximate surface area is 201 Å². The van der Waals surface area contributed by atoms with Crippen LogP contribution in [0.5, 0.6) is 0 Å². The van der Waals surface area contributed by atoms with Crippen LogP contribution in [-0.4, -0.2) is 50.4 Å². The molecule has 13 nitrogen and oxygen atoms in total. The number of aryl methyl sites for hydroxylation is 1. The maximum atomic E-state index is 12.5. The van der Waals surface area contributed by atoms with Crippen LogP contribution in [0.1, 0.15) is 5.69 Å². The number of amides is 1. The normalized spacial score (nSPS) is 11.5. The number of hydrogen-bond acceptors (Lipinski definition) is 9. The minimum atomic E-state index is -3.99. The van der Waals surface area contributed by atoms with Gasteiger partial charge in [-0.3, -0.25) is 19.2 Å². The van der Waals surface area contributed by atoms with Gasteiger partial charge in [-0.05, 0) is 43.3 Å². The van der Waals surface area contributed by atoms with Gasteiger partial charge in [0, 0.05) is 29.7 Å². The highest BCUT2D eigenvalue weighted by Gasteiger charge is 2.23. The van der Waals surface area contributed by atoms with Crippen LogP contribution in [0.4, 0.5) is 23.0 Å². The predicted molar refractivity (Wildman–Crippen MR) is 128 cm³/mol. The van der Waals surface area contributed by atoms with Gasteiger partial charge in [0.1, 0.15) is 6.54 Å². The molecule has 184 valence electrons. The number of nitrogens with zero attached hydrogens (tertiary/aromatic N) is 4. The van der Waals surface area contributed by atoms with Crippen molar-refractivity contribution in [2.45, 2.75) is 11.8 Å². The van der Waals surface area contributed by atoms with Crippen LogP contribution in [0.25, 0.3) is 0 Å². The number of carbonyl (C=O) groups is 1. The second-order valence-electron chi connectivity index (χ2n) is 7.25. The molecule has 1 amide bonds. The molecular weight excluding hydrogens is 500 g/mol. The molecule has 0 fully saturated rings. The van der Waals surface area contributed by atoms with Crippen molar-refractivity contribution in [2.24, 2.45) is 0 Å². The smallest absolute Gasteiger partial charge is 0.271 e. The van der Waals surface area contributed by atoms with E-state index >= 15 is 0 Å². The van der Waals surface area contributed by atoms with E-state index in [1.54, 1.807) is 13.0 Å². The highest BCUT2D eigenvalue weighted by molar-refractivity contribution is 7.92. The van der Waals surface area contributed by atoms with Crippen LogP contribution in [0.2, 0.25) is 0 Å². The molecule has 0 aliphatic heterocycles. The molecule has 0 unspecified atom stereocenters.